The van der Waals surface area contributed by atoms with Crippen molar-refractivity contribution < 1.29 is 33.6 Å². The van der Waals surface area contributed by atoms with Gasteiger partial charge in [-0.3, -0.25) is 43.4 Å². The second-order valence-electron chi connectivity index (χ2n) is 15.6. The normalized spacial score (nSPS) is 22.5. The Balaban J connectivity index is 1.40. The lowest BCUT2D eigenvalue weighted by atomic mass is 9.85. The number of hydrogen-bond acceptors (Lipinski definition) is 10. The van der Waals surface area contributed by atoms with E-state index in [1.165, 1.54) is 23.5 Å². The summed E-state index contributed by atoms with van der Waals surface area (Å²) in [5, 5.41) is 10.8. The summed E-state index contributed by atoms with van der Waals surface area (Å²) in [7, 11) is 0. The SMILES string of the molecule is CCCC(NC(=O)[C@@H]1CC2(CN1C(=O)[C@@H](NC(=O)CNC(=O)c1cnccn1)C(C)(C)C)N(CC)C(=O)[C@H]1CCCN12)C(=O)C(=O)N[C@@H](C)c1ccccc1. The van der Waals surface area contributed by atoms with Crippen LogP contribution in [0.1, 0.15) is 95.7 Å². The van der Waals surface area contributed by atoms with Crippen LogP contribution in [0.2, 0.25) is 0 Å². The molecule has 3 fully saturated rings. The van der Waals surface area contributed by atoms with Crippen molar-refractivity contribution in [3.63, 3.8) is 0 Å². The summed E-state index contributed by atoms with van der Waals surface area (Å²) in [6.45, 7) is 11.3. The molecule has 4 N–H and O–H groups in total. The minimum atomic E-state index is -1.17. The number of carbonyl (C=O) groups is 7. The standard InChI is InChI=1S/C39H53N9O7/c1-7-13-26(31(50)35(53)43-24(3)25-14-10-9-11-15-25)44-34(52)29-20-39(47(8-2)36(54)28-16-12-19-48(28)39)23-46(29)37(55)32(38(4,5)6)45-30(49)22-42-33(51)27-21-40-17-18-41-27/h9-11,14-15,17-18,21,24,26,28-29,32H,7-8,12-13,16,19-20,22-23H2,1-6H3,(H,42,51)(H,43,53)(H,44,52)(H,45,49)/t24-,26?,28+,29-,32+,39?/m0/s1. The van der Waals surface area contributed by atoms with Crippen LogP contribution in [0, 0.1) is 5.41 Å². The zero-order valence-electron chi connectivity index (χ0n) is 32.5. The zero-order valence-corrected chi connectivity index (χ0v) is 32.5. The molecule has 1 aromatic carbocycles. The molecule has 1 aromatic heterocycles. The number of rotatable bonds is 14. The van der Waals surface area contributed by atoms with Crippen LogP contribution in [0.5, 0.6) is 0 Å². The molecule has 5 rings (SSSR count). The van der Waals surface area contributed by atoms with E-state index in [9.17, 15) is 33.6 Å². The number of likely N-dealkylation sites (N-methyl/N-ethyl adjacent to an activating group) is 1. The third-order valence-electron chi connectivity index (χ3n) is 10.8. The van der Waals surface area contributed by atoms with Crippen molar-refractivity contribution in [3.8, 4) is 0 Å². The Labute approximate surface area is 321 Å². The Morgan fingerprint density at radius 1 is 1.00 bits per heavy atom. The van der Waals surface area contributed by atoms with Crippen LogP contribution in [-0.2, 0) is 28.8 Å². The van der Waals surface area contributed by atoms with Gasteiger partial charge in [-0.25, -0.2) is 4.98 Å². The quantitative estimate of drug-likeness (QED) is 0.202. The highest BCUT2D eigenvalue weighted by molar-refractivity contribution is 6.38. The molecule has 2 aromatic rings. The molecule has 0 saturated carbocycles. The van der Waals surface area contributed by atoms with Crippen molar-refractivity contribution in [2.75, 3.05) is 26.2 Å². The van der Waals surface area contributed by atoms with Gasteiger partial charge in [0.15, 0.2) is 0 Å². The number of carbonyl (C=O) groups excluding carboxylic acids is 7. The molecule has 3 saturated heterocycles. The summed E-state index contributed by atoms with van der Waals surface area (Å²) >= 11 is 0. The molecule has 16 heteroatoms. The number of aromatic nitrogens is 2. The second-order valence-corrected chi connectivity index (χ2v) is 15.6. The van der Waals surface area contributed by atoms with E-state index in [0.717, 1.165) is 12.0 Å². The highest BCUT2D eigenvalue weighted by atomic mass is 16.2. The van der Waals surface area contributed by atoms with Crippen LogP contribution in [0.15, 0.2) is 48.9 Å². The Kier molecular flexibility index (Phi) is 12.7. The van der Waals surface area contributed by atoms with Gasteiger partial charge in [-0.05, 0) is 44.1 Å². The molecule has 1 spiro atoms. The maximum atomic E-state index is 14.8. The van der Waals surface area contributed by atoms with E-state index < -0.39 is 77.1 Å². The fourth-order valence-corrected chi connectivity index (χ4v) is 8.02. The molecule has 6 atom stereocenters. The molecule has 3 aliphatic heterocycles. The van der Waals surface area contributed by atoms with Gasteiger partial charge in [0.1, 0.15) is 23.4 Å². The number of hydrogen-bond donors (Lipinski definition) is 4. The van der Waals surface area contributed by atoms with Gasteiger partial charge >= 0.3 is 0 Å². The Morgan fingerprint density at radius 3 is 2.36 bits per heavy atom. The highest BCUT2D eigenvalue weighted by Gasteiger charge is 2.64. The average molecular weight is 760 g/mol. The molecular weight excluding hydrogens is 706 g/mol. The molecule has 0 bridgehead atoms. The van der Waals surface area contributed by atoms with Crippen molar-refractivity contribution in [3.05, 3.63) is 60.2 Å². The first-order valence-electron chi connectivity index (χ1n) is 19.0. The summed E-state index contributed by atoms with van der Waals surface area (Å²) in [5.41, 5.74) is -1.02. The summed E-state index contributed by atoms with van der Waals surface area (Å²) in [6, 6.07) is 4.88. The molecule has 0 radical (unpaired) electrons. The molecular formula is C39H53N9O7. The van der Waals surface area contributed by atoms with E-state index in [1.54, 1.807) is 32.6 Å². The van der Waals surface area contributed by atoms with Gasteiger partial charge < -0.3 is 31.1 Å². The Bertz CT molecular complexity index is 1770. The van der Waals surface area contributed by atoms with E-state index in [-0.39, 0.29) is 37.0 Å². The summed E-state index contributed by atoms with van der Waals surface area (Å²) in [6.07, 6.45) is 6.20. The smallest absolute Gasteiger partial charge is 0.290 e. The van der Waals surface area contributed by atoms with E-state index >= 15 is 0 Å². The van der Waals surface area contributed by atoms with Crippen LogP contribution in [0.4, 0.5) is 0 Å². The van der Waals surface area contributed by atoms with Gasteiger partial charge in [0.2, 0.25) is 29.4 Å². The molecule has 296 valence electrons. The van der Waals surface area contributed by atoms with Gasteiger partial charge in [0, 0.05) is 31.9 Å². The van der Waals surface area contributed by atoms with Crippen LogP contribution in [-0.4, -0.2) is 122 Å². The number of benzene rings is 1. The Morgan fingerprint density at radius 2 is 1.73 bits per heavy atom. The number of nitrogens with one attached hydrogen (secondary N) is 4. The van der Waals surface area contributed by atoms with Gasteiger partial charge in [-0.1, -0.05) is 64.4 Å². The van der Waals surface area contributed by atoms with Crippen molar-refractivity contribution in [1.82, 2.24) is 45.9 Å². The van der Waals surface area contributed by atoms with Crippen molar-refractivity contribution >= 4 is 41.2 Å². The van der Waals surface area contributed by atoms with E-state index in [0.29, 0.717) is 25.9 Å². The van der Waals surface area contributed by atoms with Crippen LogP contribution < -0.4 is 21.3 Å². The lowest BCUT2D eigenvalue weighted by molar-refractivity contribution is -0.145. The maximum absolute atomic E-state index is 14.8. The number of ketones is 1. The largest absolute Gasteiger partial charge is 0.344 e. The second kappa shape index (κ2) is 17.0. The first-order valence-corrected chi connectivity index (χ1v) is 19.0. The number of fused-ring (bicyclic) bond motifs is 2. The zero-order chi connectivity index (χ0) is 40.1. The van der Waals surface area contributed by atoms with Gasteiger partial charge in [-0.2, -0.15) is 0 Å². The van der Waals surface area contributed by atoms with Crippen molar-refractivity contribution in [1.29, 1.82) is 0 Å². The van der Waals surface area contributed by atoms with E-state index in [1.807, 2.05) is 44.2 Å². The predicted octanol–water partition coefficient (Wildman–Crippen LogP) is 1.09. The number of amides is 6. The predicted molar refractivity (Wildman–Crippen MR) is 201 cm³/mol. The summed E-state index contributed by atoms with van der Waals surface area (Å²) in [5.74, 6) is -4.17. The fourth-order valence-electron chi connectivity index (χ4n) is 8.02. The van der Waals surface area contributed by atoms with Crippen LogP contribution >= 0.6 is 0 Å². The lowest BCUT2D eigenvalue weighted by Gasteiger charge is -2.40. The fraction of sp³-hybridized carbons (Fsp3) is 0.564. The van der Waals surface area contributed by atoms with Crippen LogP contribution in [0.25, 0.3) is 0 Å². The first-order chi connectivity index (χ1) is 26.1. The molecule has 16 nitrogen and oxygen atoms in total. The summed E-state index contributed by atoms with van der Waals surface area (Å²) in [4.78, 5) is 109. The highest BCUT2D eigenvalue weighted by Crippen LogP contribution is 2.46. The molecule has 3 aliphatic rings. The monoisotopic (exact) mass is 759 g/mol. The lowest BCUT2D eigenvalue weighted by Crippen LogP contribution is -2.60. The van der Waals surface area contributed by atoms with Gasteiger partial charge in [-0.15, -0.1) is 0 Å². The Hall–Kier alpha value is -5.25. The molecule has 4 heterocycles. The minimum absolute atomic E-state index is 0.00662. The van der Waals surface area contributed by atoms with Crippen molar-refractivity contribution in [2.45, 2.75) is 110 Å². The van der Waals surface area contributed by atoms with E-state index in [2.05, 4.69) is 36.1 Å². The van der Waals surface area contributed by atoms with Gasteiger partial charge in [0.25, 0.3) is 11.8 Å². The third kappa shape index (κ3) is 8.69. The molecule has 55 heavy (non-hydrogen) atoms. The van der Waals surface area contributed by atoms with E-state index in [4.69, 9.17) is 0 Å². The molecule has 6 amide bonds. The van der Waals surface area contributed by atoms with Crippen molar-refractivity contribution in [2.24, 2.45) is 5.41 Å². The average Bonchev–Trinajstić information content (AvgIpc) is 3.87. The maximum Gasteiger partial charge on any atom is 0.290 e. The molecule has 2 unspecified atom stereocenters. The summed E-state index contributed by atoms with van der Waals surface area (Å²) < 4.78 is 0. The number of nitrogens with zero attached hydrogens (tertiary/aromatic N) is 5. The number of Topliss-reactive ketones (excluding diaryl/α,β-unsaturated/α-hetero) is 1. The minimum Gasteiger partial charge on any atom is -0.344 e. The van der Waals surface area contributed by atoms with Crippen LogP contribution in [0.3, 0.4) is 0 Å². The molecule has 0 aliphatic carbocycles. The third-order valence-corrected chi connectivity index (χ3v) is 10.8. The number of likely N-dealkylation sites (tertiary alicyclic amines) is 1. The first kappa shape index (κ1) is 40.9. The van der Waals surface area contributed by atoms with Gasteiger partial charge in [0.05, 0.1) is 37.4 Å². The topological polar surface area (TPSA) is 203 Å².